The summed E-state index contributed by atoms with van der Waals surface area (Å²) in [7, 11) is -11.2. The smallest absolute Gasteiger partial charge is 0.354 e. The van der Waals surface area contributed by atoms with Crippen molar-refractivity contribution in [1.29, 1.82) is 4.61 Å². The van der Waals surface area contributed by atoms with Gasteiger partial charge in [-0.25, -0.2) is 4.21 Å². The highest BCUT2D eigenvalue weighted by atomic mass is 32.3. The first-order chi connectivity index (χ1) is 3.71. The zero-order valence-electron chi connectivity index (χ0n) is 3.66. The van der Waals surface area contributed by atoms with Crippen LogP contribution in [0.4, 0.5) is 11.7 Å². The van der Waals surface area contributed by atoms with Crippen molar-refractivity contribution in [1.82, 2.24) is 0 Å². The van der Waals surface area contributed by atoms with Crippen molar-refractivity contribution >= 4 is 21.0 Å². The van der Waals surface area contributed by atoms with Crippen LogP contribution in [0.25, 0.3) is 0 Å². The van der Waals surface area contributed by atoms with E-state index in [9.17, 15) is 20.4 Å². The second kappa shape index (κ2) is 2.18. The molecule has 0 aromatic rings. The molecule has 0 aliphatic heterocycles. The molecule has 0 aliphatic rings. The van der Waals surface area contributed by atoms with Gasteiger partial charge in [0, 0.05) is 0 Å². The minimum atomic E-state index is -5.62. The lowest BCUT2D eigenvalue weighted by Gasteiger charge is -1.98. The average Bonchev–Trinajstić information content (AvgIpc) is 1.14. The molecule has 0 bridgehead atoms. The molecule has 0 heterocycles. The Morgan fingerprint density at radius 2 is 1.78 bits per heavy atom. The van der Waals surface area contributed by atoms with E-state index in [4.69, 9.17) is 4.61 Å². The van der Waals surface area contributed by atoms with Crippen LogP contribution in [0.5, 0.6) is 0 Å². The third kappa shape index (κ3) is 7.76. The van der Waals surface area contributed by atoms with Crippen LogP contribution < -0.4 is 0 Å². The van der Waals surface area contributed by atoms with E-state index in [0.717, 1.165) is 3.77 Å². The maximum atomic E-state index is 11.1. The highest BCUT2D eigenvalue weighted by Crippen LogP contribution is 2.37. The van der Waals surface area contributed by atoms with Gasteiger partial charge in [-0.3, -0.25) is 0 Å². The Hall–Kier alpha value is -0.240. The van der Waals surface area contributed by atoms with Gasteiger partial charge >= 0.3 is 10.6 Å². The SMILES string of the molecule is N#S(F)(F)N=S(=O)([O-])F. The maximum absolute atomic E-state index is 11.1. The number of nitrogens with zero attached hydrogens (tertiary/aromatic N) is 2. The first kappa shape index (κ1) is 8.76. The Morgan fingerprint density at radius 1 is 1.44 bits per heavy atom. The molecule has 0 saturated heterocycles. The molecule has 9 heavy (non-hydrogen) atoms. The Kier molecular flexibility index (Phi) is 2.12. The van der Waals surface area contributed by atoms with Crippen LogP contribution in [0.2, 0.25) is 0 Å². The molecule has 0 rings (SSSR count). The van der Waals surface area contributed by atoms with Crippen LogP contribution in [0.3, 0.4) is 0 Å². The Labute approximate surface area is 50.6 Å². The van der Waals surface area contributed by atoms with Gasteiger partial charge in [-0.15, -0.1) is 8.49 Å². The summed E-state index contributed by atoms with van der Waals surface area (Å²) in [5.41, 5.74) is 0. The normalized spacial score (nSPS) is 18.6. The molecule has 1 unspecified atom stereocenters. The molecule has 4 nitrogen and oxygen atoms in total. The second-order valence-electron chi connectivity index (χ2n) is 0.903. The van der Waals surface area contributed by atoms with Gasteiger partial charge in [0.1, 0.15) is 0 Å². The molecular formula is F3N2O2S2-. The van der Waals surface area contributed by atoms with Crippen LogP contribution in [-0.2, 0) is 10.4 Å². The zero-order valence-corrected chi connectivity index (χ0v) is 5.29. The topological polar surface area (TPSA) is 76.3 Å². The molecule has 0 saturated carbocycles. The van der Waals surface area contributed by atoms with E-state index in [1.165, 1.54) is 0 Å². The fourth-order valence-corrected chi connectivity index (χ4v) is 0.964. The van der Waals surface area contributed by atoms with Crippen molar-refractivity contribution < 1.29 is 20.4 Å². The van der Waals surface area contributed by atoms with Crippen molar-refractivity contribution in [3.63, 3.8) is 0 Å². The van der Waals surface area contributed by atoms with Crippen LogP contribution in [0, 0.1) is 4.61 Å². The van der Waals surface area contributed by atoms with Crippen LogP contribution in [-0.4, -0.2) is 8.76 Å². The van der Waals surface area contributed by atoms with E-state index >= 15 is 0 Å². The second-order valence-corrected chi connectivity index (χ2v) is 3.16. The van der Waals surface area contributed by atoms with Crippen molar-refractivity contribution in [2.24, 2.45) is 3.77 Å². The molecule has 0 aromatic heterocycles. The maximum Gasteiger partial charge on any atom is 0.354 e. The summed E-state index contributed by atoms with van der Waals surface area (Å²) in [5, 5.41) is 0. The van der Waals surface area contributed by atoms with Crippen molar-refractivity contribution in [3.05, 3.63) is 0 Å². The summed E-state index contributed by atoms with van der Waals surface area (Å²) in [6, 6.07) is 0. The molecule has 0 N–H and O–H groups in total. The summed E-state index contributed by atoms with van der Waals surface area (Å²) in [4.78, 5) is 0. The van der Waals surface area contributed by atoms with E-state index in [0.29, 0.717) is 0 Å². The molecule has 0 radical (unpaired) electrons. The summed E-state index contributed by atoms with van der Waals surface area (Å²) in [6.45, 7) is 0. The van der Waals surface area contributed by atoms with E-state index < -0.39 is 21.0 Å². The lowest BCUT2D eigenvalue weighted by Crippen LogP contribution is -1.83. The summed E-state index contributed by atoms with van der Waals surface area (Å²) >= 11 is 0. The summed E-state index contributed by atoms with van der Waals surface area (Å²) < 4.78 is 60.1. The van der Waals surface area contributed by atoms with Crippen LogP contribution >= 0.6 is 10.6 Å². The third-order valence-corrected chi connectivity index (χ3v) is 1.61. The van der Waals surface area contributed by atoms with Gasteiger partial charge in [0.2, 0.25) is 0 Å². The standard InChI is InChI=1S/F3HN2O2S2/c1-8(2,4)5-9(3,6)7/h(H,5,6,7)/p-1. The van der Waals surface area contributed by atoms with Crippen LogP contribution in [0.1, 0.15) is 0 Å². The first-order valence-corrected chi connectivity index (χ1v) is 4.03. The monoisotopic (exact) mass is 181 g/mol. The highest BCUT2D eigenvalue weighted by molar-refractivity contribution is 8.15. The molecule has 56 valence electrons. The van der Waals surface area contributed by atoms with Crippen molar-refractivity contribution in [3.8, 4) is 0 Å². The molecule has 9 heteroatoms. The molecule has 1 atom stereocenters. The predicted octanol–water partition coefficient (Wildman–Crippen LogP) is 1.44. The van der Waals surface area contributed by atoms with E-state index in [2.05, 4.69) is 0 Å². The number of hydrogen-bond donors (Lipinski definition) is 0. The number of halogens is 3. The fraction of sp³-hybridized carbons (Fsp3) is 0. The van der Waals surface area contributed by atoms with E-state index in [1.807, 2.05) is 0 Å². The summed E-state index contributed by atoms with van der Waals surface area (Å²) in [6.07, 6.45) is 0. The average molecular weight is 181 g/mol. The molecule has 0 aliphatic carbocycles. The van der Waals surface area contributed by atoms with Gasteiger partial charge in [0.15, 0.2) is 10.4 Å². The minimum absolute atomic E-state index is 1.15. The minimum Gasteiger partial charge on any atom is -0.738 e. The summed E-state index contributed by atoms with van der Waals surface area (Å²) in [5.74, 6) is 0. The molecule has 0 aromatic carbocycles. The largest absolute Gasteiger partial charge is 0.738 e. The zero-order chi connectivity index (χ0) is 7.71. The number of hydrogen-bond acceptors (Lipinski definition) is 4. The molecule has 0 fully saturated rings. The van der Waals surface area contributed by atoms with E-state index in [1.54, 1.807) is 0 Å². The van der Waals surface area contributed by atoms with Gasteiger partial charge in [-0.2, -0.15) is 0 Å². The Balaban J connectivity index is 4.85. The van der Waals surface area contributed by atoms with Crippen molar-refractivity contribution in [2.45, 2.75) is 0 Å². The first-order valence-electron chi connectivity index (χ1n) is 1.34. The molecule has 0 spiro atoms. The highest BCUT2D eigenvalue weighted by Gasteiger charge is 2.07. The fourth-order valence-electron chi connectivity index (χ4n) is 0.107. The van der Waals surface area contributed by atoms with E-state index in [-0.39, 0.29) is 0 Å². The lowest BCUT2D eigenvalue weighted by atomic mass is 13.9. The van der Waals surface area contributed by atoms with Gasteiger partial charge in [-0.1, -0.05) is 11.5 Å². The Bertz CT molecular complexity index is 285. The van der Waals surface area contributed by atoms with Crippen molar-refractivity contribution in [2.75, 3.05) is 0 Å². The van der Waals surface area contributed by atoms with Gasteiger partial charge in [0.05, 0.1) is 0 Å². The molecular weight excluding hydrogens is 181 g/mol. The van der Waals surface area contributed by atoms with Gasteiger partial charge in [0.25, 0.3) is 0 Å². The van der Waals surface area contributed by atoms with Crippen LogP contribution in [0.15, 0.2) is 3.77 Å². The quantitative estimate of drug-likeness (QED) is 0.530. The molecule has 0 amide bonds. The third-order valence-electron chi connectivity index (χ3n) is 0.179. The van der Waals surface area contributed by atoms with Gasteiger partial charge < -0.3 is 4.55 Å². The lowest BCUT2D eigenvalue weighted by molar-refractivity contribution is 0.480. The van der Waals surface area contributed by atoms with Gasteiger partial charge in [-0.05, 0) is 0 Å². The number of rotatable bonds is 0. The predicted molar refractivity (Wildman–Crippen MR) is 24.0 cm³/mol. The Morgan fingerprint density at radius 3 is 1.78 bits per heavy atom.